The van der Waals surface area contributed by atoms with Crippen LogP contribution in [0.25, 0.3) is 0 Å². The average molecular weight is 289 g/mol. The van der Waals surface area contributed by atoms with Crippen LogP contribution >= 0.6 is 11.6 Å². The number of rotatable bonds is 7. The van der Waals surface area contributed by atoms with Gasteiger partial charge in [0.25, 0.3) is 0 Å². The first-order valence-electron chi connectivity index (χ1n) is 6.04. The van der Waals surface area contributed by atoms with E-state index >= 15 is 0 Å². The fraction of sp³-hybridized carbons (Fsp3) is 0.462. The maximum absolute atomic E-state index is 11.2. The topological polar surface area (TPSA) is 65.0 Å². The van der Waals surface area contributed by atoms with Gasteiger partial charge in [-0.3, -0.25) is 0 Å². The van der Waals surface area contributed by atoms with Crippen molar-refractivity contribution >= 4 is 17.6 Å². The van der Waals surface area contributed by atoms with Gasteiger partial charge in [-0.2, -0.15) is 0 Å². The summed E-state index contributed by atoms with van der Waals surface area (Å²) < 4.78 is 16.2. The van der Waals surface area contributed by atoms with Crippen molar-refractivity contribution in [1.82, 2.24) is 0 Å². The minimum absolute atomic E-state index is 0.0428. The number of halogens is 1. The van der Waals surface area contributed by atoms with E-state index in [4.69, 9.17) is 25.8 Å². The summed E-state index contributed by atoms with van der Waals surface area (Å²) in [5.74, 6) is -0.449. The van der Waals surface area contributed by atoms with Gasteiger partial charge in [0.1, 0.15) is 5.56 Å². The molecule has 1 aromatic carbocycles. The smallest absolute Gasteiger partial charge is 0.339 e. The van der Waals surface area contributed by atoms with E-state index in [1.165, 1.54) is 6.07 Å². The summed E-state index contributed by atoms with van der Waals surface area (Å²) in [4.78, 5) is 11.2. The maximum atomic E-state index is 11.2. The van der Waals surface area contributed by atoms with E-state index in [0.717, 1.165) is 0 Å². The Morgan fingerprint density at radius 1 is 1.05 bits per heavy atom. The molecule has 1 aromatic rings. The Labute approximate surface area is 117 Å². The number of carbonyl (C=O) groups is 1. The number of ether oxygens (including phenoxy) is 3. The molecule has 0 aliphatic heterocycles. The van der Waals surface area contributed by atoms with Gasteiger partial charge in [-0.15, -0.1) is 0 Å². The molecule has 0 saturated heterocycles. The number of carboxylic acids is 1. The molecule has 0 heterocycles. The van der Waals surface area contributed by atoms with E-state index in [2.05, 4.69) is 0 Å². The normalized spacial score (nSPS) is 10.1. The average Bonchev–Trinajstić information content (AvgIpc) is 2.36. The van der Waals surface area contributed by atoms with E-state index < -0.39 is 5.97 Å². The van der Waals surface area contributed by atoms with Crippen LogP contribution in [-0.2, 0) is 0 Å². The highest BCUT2D eigenvalue weighted by atomic mass is 35.5. The van der Waals surface area contributed by atoms with Gasteiger partial charge in [0.15, 0.2) is 11.5 Å². The molecular formula is C13H17ClO5. The monoisotopic (exact) mass is 288 g/mol. The van der Waals surface area contributed by atoms with Gasteiger partial charge < -0.3 is 19.3 Å². The highest BCUT2D eigenvalue weighted by Crippen LogP contribution is 2.45. The Morgan fingerprint density at radius 2 is 1.53 bits per heavy atom. The predicted octanol–water partition coefficient (Wildman–Crippen LogP) is 3.23. The molecule has 0 amide bonds. The Bertz CT molecular complexity index is 459. The lowest BCUT2D eigenvalue weighted by Gasteiger charge is -2.18. The van der Waals surface area contributed by atoms with Crippen molar-refractivity contribution in [1.29, 1.82) is 0 Å². The van der Waals surface area contributed by atoms with Gasteiger partial charge in [0.2, 0.25) is 5.75 Å². The van der Waals surface area contributed by atoms with Gasteiger partial charge in [-0.05, 0) is 26.8 Å². The fourth-order valence-electron chi connectivity index (χ4n) is 1.59. The Kier molecular flexibility index (Phi) is 5.76. The van der Waals surface area contributed by atoms with Crippen molar-refractivity contribution in [2.75, 3.05) is 19.8 Å². The van der Waals surface area contributed by atoms with E-state index in [-0.39, 0.29) is 22.1 Å². The standard InChI is InChI=1S/C13H17ClO5/c1-4-17-10-8(13(15)16)7-9(14)11(18-5-2)12(10)19-6-3/h7H,4-6H2,1-3H3,(H,15,16). The maximum Gasteiger partial charge on any atom is 0.339 e. The first-order chi connectivity index (χ1) is 9.06. The van der Waals surface area contributed by atoms with Gasteiger partial charge in [0.05, 0.1) is 24.8 Å². The van der Waals surface area contributed by atoms with Crippen molar-refractivity contribution in [3.05, 3.63) is 16.7 Å². The Hall–Kier alpha value is -1.62. The van der Waals surface area contributed by atoms with Crippen LogP contribution < -0.4 is 14.2 Å². The summed E-state index contributed by atoms with van der Waals surface area (Å²) in [6, 6.07) is 1.31. The lowest BCUT2D eigenvalue weighted by atomic mass is 10.1. The molecule has 0 aliphatic carbocycles. The number of aromatic carboxylic acids is 1. The molecule has 0 fully saturated rings. The third-order valence-electron chi connectivity index (χ3n) is 2.24. The summed E-state index contributed by atoms with van der Waals surface area (Å²) in [5, 5.41) is 9.38. The number of hydrogen-bond acceptors (Lipinski definition) is 4. The fourth-order valence-corrected chi connectivity index (χ4v) is 1.84. The molecule has 1 rings (SSSR count). The third-order valence-corrected chi connectivity index (χ3v) is 2.52. The number of hydrogen-bond donors (Lipinski definition) is 1. The van der Waals surface area contributed by atoms with Crippen LogP contribution in [0.1, 0.15) is 31.1 Å². The Balaban J connectivity index is 3.49. The van der Waals surface area contributed by atoms with Crippen LogP contribution in [0.3, 0.4) is 0 Å². The second kappa shape index (κ2) is 7.09. The lowest BCUT2D eigenvalue weighted by molar-refractivity contribution is 0.0691. The van der Waals surface area contributed by atoms with Crippen LogP contribution in [0.15, 0.2) is 6.07 Å². The molecule has 0 bridgehead atoms. The van der Waals surface area contributed by atoms with Crippen molar-refractivity contribution < 1.29 is 24.1 Å². The summed E-state index contributed by atoms with van der Waals surface area (Å²) >= 11 is 6.04. The minimum Gasteiger partial charge on any atom is -0.489 e. The van der Waals surface area contributed by atoms with Crippen LogP contribution in [-0.4, -0.2) is 30.9 Å². The second-order valence-electron chi connectivity index (χ2n) is 3.50. The van der Waals surface area contributed by atoms with Gasteiger partial charge in [0, 0.05) is 0 Å². The minimum atomic E-state index is -1.13. The third kappa shape index (κ3) is 3.44. The SMILES string of the molecule is CCOc1c(Cl)cc(C(=O)O)c(OCC)c1OCC. The first-order valence-corrected chi connectivity index (χ1v) is 6.42. The van der Waals surface area contributed by atoms with Crippen molar-refractivity contribution in [2.45, 2.75) is 20.8 Å². The molecule has 0 spiro atoms. The van der Waals surface area contributed by atoms with Crippen molar-refractivity contribution in [3.63, 3.8) is 0 Å². The predicted molar refractivity (Wildman–Crippen MR) is 71.9 cm³/mol. The van der Waals surface area contributed by atoms with Crippen molar-refractivity contribution in [3.8, 4) is 17.2 Å². The van der Waals surface area contributed by atoms with Crippen LogP contribution in [0.2, 0.25) is 5.02 Å². The molecule has 0 unspecified atom stereocenters. The number of carboxylic acid groups (broad SMARTS) is 1. The summed E-state index contributed by atoms with van der Waals surface area (Å²) in [6.07, 6.45) is 0. The largest absolute Gasteiger partial charge is 0.489 e. The van der Waals surface area contributed by atoms with E-state index in [9.17, 15) is 9.90 Å². The van der Waals surface area contributed by atoms with Gasteiger partial charge in [-0.1, -0.05) is 11.6 Å². The second-order valence-corrected chi connectivity index (χ2v) is 3.90. The Morgan fingerprint density at radius 3 is 2.00 bits per heavy atom. The van der Waals surface area contributed by atoms with E-state index in [1.54, 1.807) is 20.8 Å². The zero-order chi connectivity index (χ0) is 14.4. The number of benzene rings is 1. The highest BCUT2D eigenvalue weighted by molar-refractivity contribution is 6.32. The molecule has 0 radical (unpaired) electrons. The highest BCUT2D eigenvalue weighted by Gasteiger charge is 2.24. The molecule has 0 aromatic heterocycles. The molecule has 0 atom stereocenters. The van der Waals surface area contributed by atoms with E-state index in [1.807, 2.05) is 0 Å². The molecule has 6 heteroatoms. The lowest BCUT2D eigenvalue weighted by Crippen LogP contribution is -2.08. The molecule has 0 saturated carbocycles. The molecule has 106 valence electrons. The summed E-state index contributed by atoms with van der Waals surface area (Å²) in [7, 11) is 0. The molecular weight excluding hydrogens is 272 g/mol. The quantitative estimate of drug-likeness (QED) is 0.834. The molecule has 0 aliphatic rings. The zero-order valence-electron chi connectivity index (χ0n) is 11.2. The first kappa shape index (κ1) is 15.4. The molecule has 1 N–H and O–H groups in total. The van der Waals surface area contributed by atoms with Crippen LogP contribution in [0, 0.1) is 0 Å². The summed E-state index contributed by atoms with van der Waals surface area (Å²) in [6.45, 7) is 6.39. The zero-order valence-corrected chi connectivity index (χ0v) is 11.9. The van der Waals surface area contributed by atoms with Gasteiger partial charge in [-0.25, -0.2) is 4.79 Å². The molecule has 5 nitrogen and oxygen atoms in total. The van der Waals surface area contributed by atoms with Crippen LogP contribution in [0.5, 0.6) is 17.2 Å². The molecule has 19 heavy (non-hydrogen) atoms. The van der Waals surface area contributed by atoms with Crippen LogP contribution in [0.4, 0.5) is 0 Å². The van der Waals surface area contributed by atoms with Crippen molar-refractivity contribution in [2.24, 2.45) is 0 Å². The summed E-state index contributed by atoms with van der Waals surface area (Å²) in [5.41, 5.74) is -0.0428. The van der Waals surface area contributed by atoms with Gasteiger partial charge >= 0.3 is 5.97 Å². The van der Waals surface area contributed by atoms with E-state index in [0.29, 0.717) is 25.6 Å².